The van der Waals surface area contributed by atoms with Crippen LogP contribution in [0.2, 0.25) is 5.02 Å². The van der Waals surface area contributed by atoms with Crippen LogP contribution in [0.5, 0.6) is 5.75 Å². The molecule has 2 aromatic rings. The van der Waals surface area contributed by atoms with E-state index < -0.39 is 25.9 Å². The number of fused-ring (bicyclic) bond motifs is 1. The number of rotatable bonds is 4. The van der Waals surface area contributed by atoms with E-state index in [1.165, 1.54) is 29.0 Å². The van der Waals surface area contributed by atoms with E-state index in [1.54, 1.807) is 0 Å². The number of nitrogens with one attached hydrogen (secondary N) is 1. The van der Waals surface area contributed by atoms with Gasteiger partial charge in [0.15, 0.2) is 5.75 Å². The molecule has 3 unspecified atom stereocenters. The average Bonchev–Trinajstić information content (AvgIpc) is 3.12. The quantitative estimate of drug-likeness (QED) is 0.543. The Balaban J connectivity index is 1.38. The molecule has 3 heterocycles. The summed E-state index contributed by atoms with van der Waals surface area (Å²) in [4.78, 5) is 25.0. The predicted molar refractivity (Wildman–Crippen MR) is 101 cm³/mol. The minimum Gasteiger partial charge on any atom is -0.352 e. The van der Waals surface area contributed by atoms with Crippen molar-refractivity contribution < 1.29 is 27.6 Å². The van der Waals surface area contributed by atoms with Crippen molar-refractivity contribution in [3.63, 3.8) is 0 Å². The molecule has 1 aromatic heterocycles. The number of ether oxygens (including phenoxy) is 1. The molecule has 2 N–H and O–H groups in total. The molecule has 0 bridgehead atoms. The second kappa shape index (κ2) is 7.79. The first-order chi connectivity index (χ1) is 13.3. The van der Waals surface area contributed by atoms with E-state index in [1.807, 2.05) is 0 Å². The van der Waals surface area contributed by atoms with Crippen LogP contribution >= 0.6 is 32.0 Å². The maximum Gasteiger partial charge on any atom is 0.619 e. The highest BCUT2D eigenvalue weighted by Gasteiger charge is 2.51. The molecule has 12 heteroatoms. The molecule has 0 aliphatic carbocycles. The normalized spacial score (nSPS) is 26.7. The largest absolute Gasteiger partial charge is 0.619 e. The first-order valence-corrected chi connectivity index (χ1v) is 10.7. The van der Waals surface area contributed by atoms with Crippen molar-refractivity contribution in [2.45, 2.75) is 31.8 Å². The SMILES string of the molecule is O=c1[nH]c(=S)c(Cl)cn1C1CCC(CO[P+]2(O)OCc3cc(F)ccc3O2)O1. The van der Waals surface area contributed by atoms with E-state index in [2.05, 4.69) is 4.98 Å². The van der Waals surface area contributed by atoms with Crippen LogP contribution in [0, 0.1) is 10.5 Å². The molecule has 8 nitrogen and oxygen atoms in total. The lowest BCUT2D eigenvalue weighted by Crippen LogP contribution is -2.28. The highest BCUT2D eigenvalue weighted by Crippen LogP contribution is 2.61. The second-order valence-electron chi connectivity index (χ2n) is 6.31. The lowest BCUT2D eigenvalue weighted by atomic mass is 10.2. The highest BCUT2D eigenvalue weighted by molar-refractivity contribution is 7.71. The number of benzene rings is 1. The molecule has 1 saturated heterocycles. The summed E-state index contributed by atoms with van der Waals surface area (Å²) in [7, 11) is -3.59. The van der Waals surface area contributed by atoms with Crippen LogP contribution < -0.4 is 10.2 Å². The Hall–Kier alpha value is -1.39. The van der Waals surface area contributed by atoms with E-state index in [9.17, 15) is 14.1 Å². The lowest BCUT2D eigenvalue weighted by Gasteiger charge is -2.22. The summed E-state index contributed by atoms with van der Waals surface area (Å²) in [6.45, 7) is -0.0225. The molecule has 28 heavy (non-hydrogen) atoms. The lowest BCUT2D eigenvalue weighted by molar-refractivity contribution is -0.0301. The monoisotopic (exact) mass is 449 g/mol. The van der Waals surface area contributed by atoms with Crippen molar-refractivity contribution in [1.82, 2.24) is 9.55 Å². The zero-order valence-corrected chi connectivity index (χ0v) is 16.8. The molecule has 0 saturated carbocycles. The minimum absolute atomic E-state index is 0.00260. The van der Waals surface area contributed by atoms with Gasteiger partial charge in [-0.05, 0) is 31.0 Å². The number of aromatic amines is 1. The van der Waals surface area contributed by atoms with Crippen LogP contribution in [-0.2, 0) is 20.4 Å². The van der Waals surface area contributed by atoms with Gasteiger partial charge in [0.05, 0.1) is 11.1 Å². The van der Waals surface area contributed by atoms with Gasteiger partial charge in [-0.15, -0.1) is 9.05 Å². The van der Waals surface area contributed by atoms with Crippen LogP contribution in [0.4, 0.5) is 4.39 Å². The molecule has 150 valence electrons. The zero-order valence-electron chi connectivity index (χ0n) is 14.3. The van der Waals surface area contributed by atoms with Crippen LogP contribution in [0.15, 0.2) is 29.2 Å². The van der Waals surface area contributed by atoms with E-state index >= 15 is 0 Å². The van der Waals surface area contributed by atoms with Crippen molar-refractivity contribution in [1.29, 1.82) is 0 Å². The average molecular weight is 450 g/mol. The third-order valence-corrected chi connectivity index (χ3v) is 6.44. The van der Waals surface area contributed by atoms with Gasteiger partial charge in [0.25, 0.3) is 0 Å². The van der Waals surface area contributed by atoms with E-state index in [0.29, 0.717) is 24.2 Å². The molecule has 1 aromatic carbocycles. The third kappa shape index (κ3) is 4.13. The van der Waals surface area contributed by atoms with Crippen molar-refractivity contribution in [2.75, 3.05) is 6.61 Å². The Morgan fingerprint density at radius 1 is 1.46 bits per heavy atom. The Kier molecular flexibility index (Phi) is 5.54. The number of hydrogen-bond acceptors (Lipinski definition) is 7. The fraction of sp³-hybridized carbons (Fsp3) is 0.375. The molecule has 0 amide bonds. The summed E-state index contributed by atoms with van der Waals surface area (Å²) in [6, 6.07) is 3.92. The van der Waals surface area contributed by atoms with Gasteiger partial charge >= 0.3 is 13.9 Å². The van der Waals surface area contributed by atoms with Gasteiger partial charge in [-0.25, -0.2) is 9.18 Å². The molecule has 2 aliphatic heterocycles. The zero-order chi connectivity index (χ0) is 19.9. The molecule has 0 spiro atoms. The first-order valence-electron chi connectivity index (χ1n) is 8.38. The number of aromatic nitrogens is 2. The van der Waals surface area contributed by atoms with Crippen LogP contribution in [-0.4, -0.2) is 27.2 Å². The van der Waals surface area contributed by atoms with Crippen molar-refractivity contribution >= 4 is 32.0 Å². The van der Waals surface area contributed by atoms with Crippen LogP contribution in [0.3, 0.4) is 0 Å². The minimum atomic E-state index is -3.59. The van der Waals surface area contributed by atoms with Gasteiger partial charge in [-0.1, -0.05) is 23.8 Å². The fourth-order valence-electron chi connectivity index (χ4n) is 2.98. The molecule has 1 fully saturated rings. The molecule has 3 atom stereocenters. The van der Waals surface area contributed by atoms with Gasteiger partial charge in [-0.3, -0.25) is 14.1 Å². The molecule has 2 aliphatic rings. The van der Waals surface area contributed by atoms with Crippen molar-refractivity contribution in [3.05, 3.63) is 55.9 Å². The number of nitrogens with zero attached hydrogens (tertiary/aromatic N) is 1. The summed E-state index contributed by atoms with van der Waals surface area (Å²) in [5.74, 6) is -0.104. The summed E-state index contributed by atoms with van der Waals surface area (Å²) in [5, 5.41) is 0.247. The van der Waals surface area contributed by atoms with E-state index in [-0.39, 0.29) is 29.0 Å². The Labute approximate surface area is 169 Å². The van der Waals surface area contributed by atoms with Gasteiger partial charge in [0.1, 0.15) is 29.9 Å². The van der Waals surface area contributed by atoms with Crippen molar-refractivity contribution in [2.24, 2.45) is 0 Å². The summed E-state index contributed by atoms with van der Waals surface area (Å²) in [6.07, 6.45) is 1.66. The topological polar surface area (TPSA) is 94.9 Å². The Morgan fingerprint density at radius 3 is 3.11 bits per heavy atom. The predicted octanol–water partition coefficient (Wildman–Crippen LogP) is 3.67. The van der Waals surface area contributed by atoms with Gasteiger partial charge in [0, 0.05) is 11.8 Å². The van der Waals surface area contributed by atoms with Crippen molar-refractivity contribution in [3.8, 4) is 5.75 Å². The first kappa shape index (κ1) is 19.9. The maximum absolute atomic E-state index is 13.2. The van der Waals surface area contributed by atoms with Gasteiger partial charge < -0.3 is 4.74 Å². The number of H-pyrrole nitrogens is 1. The standard InChI is InChI=1S/C16H15ClFN2O6PS/c17-12-6-20(16(21)19-15(12)28)14-4-2-11(25-14)8-24-27(22)23-7-9-5-10(18)1-3-13(9)26-27/h1,3,5-6,11,14,22H,2,4,7-8H2/p+1. The fourth-order valence-corrected chi connectivity index (χ4v) is 4.54. The van der Waals surface area contributed by atoms with E-state index in [4.69, 9.17) is 42.1 Å². The van der Waals surface area contributed by atoms with Crippen LogP contribution in [0.25, 0.3) is 0 Å². The third-order valence-electron chi connectivity index (χ3n) is 4.36. The van der Waals surface area contributed by atoms with Crippen LogP contribution in [0.1, 0.15) is 24.6 Å². The number of halogens is 2. The van der Waals surface area contributed by atoms with E-state index in [0.717, 1.165) is 0 Å². The van der Waals surface area contributed by atoms with Gasteiger partial charge in [-0.2, -0.15) is 4.89 Å². The molecular weight excluding hydrogens is 434 g/mol. The molecule has 4 rings (SSSR count). The molecule has 0 radical (unpaired) electrons. The maximum atomic E-state index is 13.2. The second-order valence-corrected chi connectivity index (χ2v) is 8.77. The smallest absolute Gasteiger partial charge is 0.352 e. The number of hydrogen-bond donors (Lipinski definition) is 2. The highest BCUT2D eigenvalue weighted by atomic mass is 35.5. The summed E-state index contributed by atoms with van der Waals surface area (Å²) in [5.41, 5.74) is 0.0676. The Morgan fingerprint density at radius 2 is 2.29 bits per heavy atom. The van der Waals surface area contributed by atoms with Gasteiger partial charge in [0.2, 0.25) is 0 Å². The molecular formula is C16H16ClFN2O6PS+. The summed E-state index contributed by atoms with van der Waals surface area (Å²) < 4.78 is 36.7. The Bertz CT molecular complexity index is 1020. The summed E-state index contributed by atoms with van der Waals surface area (Å²) >= 11 is 10.9.